The maximum Gasteiger partial charge on any atom is 0.328 e. The lowest BCUT2D eigenvalue weighted by Crippen LogP contribution is -2.39. The number of furan rings is 1. The highest BCUT2D eigenvalue weighted by Crippen LogP contribution is 2.10. The predicted molar refractivity (Wildman–Crippen MR) is 98.4 cm³/mol. The van der Waals surface area contributed by atoms with Gasteiger partial charge in [-0.1, -0.05) is 64.7 Å². The molecular weight excluding hydrogens is 318 g/mol. The van der Waals surface area contributed by atoms with Crippen molar-refractivity contribution in [3.8, 4) is 0 Å². The fourth-order valence-electron chi connectivity index (χ4n) is 2.62. The molecule has 0 aromatic carbocycles. The first kappa shape index (κ1) is 21.3. The van der Waals surface area contributed by atoms with Gasteiger partial charge in [-0.25, -0.2) is 4.79 Å². The minimum atomic E-state index is -0.680. The molecular formula is C20H33NO4. The summed E-state index contributed by atoms with van der Waals surface area (Å²) in [5, 5.41) is 2.56. The molecule has 1 atom stereocenters. The van der Waals surface area contributed by atoms with Crippen molar-refractivity contribution in [3.63, 3.8) is 0 Å². The molecule has 0 bridgehead atoms. The molecule has 1 rings (SSSR count). The number of ether oxygens (including phenoxy) is 1. The van der Waals surface area contributed by atoms with Crippen LogP contribution in [0.2, 0.25) is 0 Å². The third-order valence-electron chi connectivity index (χ3n) is 4.19. The molecule has 0 fully saturated rings. The molecule has 1 aromatic rings. The summed E-state index contributed by atoms with van der Waals surface area (Å²) in [6.07, 6.45) is 13.8. The van der Waals surface area contributed by atoms with Gasteiger partial charge in [0.25, 0.3) is 5.91 Å². The molecule has 0 aliphatic heterocycles. The maximum atomic E-state index is 11.8. The number of carbonyl (C=O) groups excluding carboxylic acids is 2. The Morgan fingerprint density at radius 2 is 1.64 bits per heavy atom. The highest BCUT2D eigenvalue weighted by Gasteiger charge is 2.19. The summed E-state index contributed by atoms with van der Waals surface area (Å²) in [5.74, 6) is -0.626. The monoisotopic (exact) mass is 351 g/mol. The number of esters is 1. The number of hydrogen-bond acceptors (Lipinski definition) is 4. The van der Waals surface area contributed by atoms with Crippen LogP contribution in [0.1, 0.15) is 88.6 Å². The van der Waals surface area contributed by atoms with Crippen LogP contribution in [0.3, 0.4) is 0 Å². The Hall–Kier alpha value is -1.78. The molecule has 25 heavy (non-hydrogen) atoms. The Balaban J connectivity index is 1.97. The summed E-state index contributed by atoms with van der Waals surface area (Å²) in [4.78, 5) is 23.6. The molecule has 0 saturated heterocycles. The van der Waals surface area contributed by atoms with Gasteiger partial charge >= 0.3 is 5.97 Å². The predicted octanol–water partition coefficient (Wildman–Crippen LogP) is 4.86. The van der Waals surface area contributed by atoms with Gasteiger partial charge in [0, 0.05) is 0 Å². The molecule has 0 spiro atoms. The van der Waals surface area contributed by atoms with Crippen molar-refractivity contribution in [3.05, 3.63) is 24.2 Å². The van der Waals surface area contributed by atoms with Gasteiger partial charge < -0.3 is 14.5 Å². The van der Waals surface area contributed by atoms with Gasteiger partial charge in [0.1, 0.15) is 6.04 Å². The minimum absolute atomic E-state index is 0.189. The average Bonchev–Trinajstić information content (AvgIpc) is 3.14. The fraction of sp³-hybridized carbons (Fsp3) is 0.700. The van der Waals surface area contributed by atoms with E-state index in [1.807, 2.05) is 0 Å². The van der Waals surface area contributed by atoms with Gasteiger partial charge in [-0.2, -0.15) is 0 Å². The van der Waals surface area contributed by atoms with Gasteiger partial charge in [0.05, 0.1) is 12.9 Å². The molecule has 1 heterocycles. The van der Waals surface area contributed by atoms with Crippen molar-refractivity contribution in [1.82, 2.24) is 5.32 Å². The maximum absolute atomic E-state index is 11.8. The van der Waals surface area contributed by atoms with E-state index in [2.05, 4.69) is 12.2 Å². The van der Waals surface area contributed by atoms with Crippen LogP contribution in [0.25, 0.3) is 0 Å². The van der Waals surface area contributed by atoms with Gasteiger partial charge in [-0.05, 0) is 25.5 Å². The van der Waals surface area contributed by atoms with Crippen molar-refractivity contribution in [2.75, 3.05) is 6.61 Å². The topological polar surface area (TPSA) is 68.5 Å². The van der Waals surface area contributed by atoms with E-state index in [0.29, 0.717) is 6.61 Å². The Morgan fingerprint density at radius 3 is 2.20 bits per heavy atom. The smallest absolute Gasteiger partial charge is 0.328 e. The molecule has 1 amide bonds. The third-order valence-corrected chi connectivity index (χ3v) is 4.19. The zero-order valence-corrected chi connectivity index (χ0v) is 15.7. The van der Waals surface area contributed by atoms with Crippen LogP contribution >= 0.6 is 0 Å². The molecule has 5 nitrogen and oxygen atoms in total. The van der Waals surface area contributed by atoms with Crippen molar-refractivity contribution in [2.45, 2.75) is 84.1 Å². The van der Waals surface area contributed by atoms with Crippen LogP contribution < -0.4 is 5.32 Å². The number of nitrogens with one attached hydrogen (secondary N) is 1. The Bertz CT molecular complexity index is 470. The van der Waals surface area contributed by atoms with Crippen LogP contribution in [0.15, 0.2) is 22.8 Å². The van der Waals surface area contributed by atoms with E-state index in [4.69, 9.17) is 9.15 Å². The number of amides is 1. The molecule has 0 radical (unpaired) electrons. The van der Waals surface area contributed by atoms with E-state index < -0.39 is 17.9 Å². The number of carbonyl (C=O) groups is 2. The molecule has 1 aromatic heterocycles. The summed E-state index contributed by atoms with van der Waals surface area (Å²) in [7, 11) is 0. The minimum Gasteiger partial charge on any atom is -0.464 e. The number of rotatable bonds is 14. The highest BCUT2D eigenvalue weighted by atomic mass is 16.5. The van der Waals surface area contributed by atoms with Crippen molar-refractivity contribution < 1.29 is 18.7 Å². The van der Waals surface area contributed by atoms with Gasteiger partial charge in [-0.3, -0.25) is 4.79 Å². The largest absolute Gasteiger partial charge is 0.464 e. The first-order valence-corrected chi connectivity index (χ1v) is 9.66. The lowest BCUT2D eigenvalue weighted by Gasteiger charge is -2.12. The summed E-state index contributed by atoms with van der Waals surface area (Å²) < 4.78 is 10.2. The summed E-state index contributed by atoms with van der Waals surface area (Å²) in [5.41, 5.74) is 0. The Kier molecular flexibility index (Phi) is 11.5. The Morgan fingerprint density at radius 1 is 1.04 bits per heavy atom. The average molecular weight is 351 g/mol. The summed E-state index contributed by atoms with van der Waals surface area (Å²) in [6.45, 7) is 4.26. The van der Waals surface area contributed by atoms with Crippen molar-refractivity contribution >= 4 is 11.9 Å². The molecule has 5 heteroatoms. The van der Waals surface area contributed by atoms with E-state index in [-0.39, 0.29) is 5.76 Å². The molecule has 0 saturated carbocycles. The van der Waals surface area contributed by atoms with E-state index >= 15 is 0 Å². The van der Waals surface area contributed by atoms with Crippen LogP contribution in [-0.2, 0) is 9.53 Å². The molecule has 0 aliphatic carbocycles. The van der Waals surface area contributed by atoms with E-state index in [1.165, 1.54) is 57.6 Å². The van der Waals surface area contributed by atoms with Gasteiger partial charge in [0.15, 0.2) is 5.76 Å². The van der Waals surface area contributed by atoms with Crippen LogP contribution in [-0.4, -0.2) is 24.5 Å². The van der Waals surface area contributed by atoms with Gasteiger partial charge in [-0.15, -0.1) is 0 Å². The third kappa shape index (κ3) is 9.95. The fourth-order valence-corrected chi connectivity index (χ4v) is 2.62. The zero-order valence-electron chi connectivity index (χ0n) is 15.7. The number of hydrogen-bond donors (Lipinski definition) is 1. The van der Waals surface area contributed by atoms with Crippen LogP contribution in [0.4, 0.5) is 0 Å². The molecule has 142 valence electrons. The normalized spacial score (nSPS) is 11.9. The molecule has 1 N–H and O–H groups in total. The van der Waals surface area contributed by atoms with Crippen molar-refractivity contribution in [2.24, 2.45) is 0 Å². The number of unbranched alkanes of at least 4 members (excludes halogenated alkanes) is 9. The lowest BCUT2D eigenvalue weighted by molar-refractivity contribution is -0.145. The second-order valence-corrected chi connectivity index (χ2v) is 6.52. The second kappa shape index (κ2) is 13.5. The summed E-state index contributed by atoms with van der Waals surface area (Å²) in [6, 6.07) is 2.50. The molecule has 0 unspecified atom stereocenters. The zero-order chi connectivity index (χ0) is 18.3. The van der Waals surface area contributed by atoms with Gasteiger partial charge in [0.2, 0.25) is 0 Å². The standard InChI is InChI=1S/C20H33NO4/c1-3-4-5-6-7-8-9-10-11-12-15-25-20(23)17(2)21-19(22)18-14-13-16-24-18/h13-14,16-17H,3-12,15H2,1-2H3,(H,21,22)/t17-/m0/s1. The quantitative estimate of drug-likeness (QED) is 0.384. The van der Waals surface area contributed by atoms with Crippen LogP contribution in [0.5, 0.6) is 0 Å². The SMILES string of the molecule is CCCCCCCCCCCCOC(=O)[C@H](C)NC(=O)c1ccco1. The molecule has 0 aliphatic rings. The van der Waals surface area contributed by atoms with E-state index in [0.717, 1.165) is 12.8 Å². The van der Waals surface area contributed by atoms with Crippen LogP contribution in [0, 0.1) is 0 Å². The second-order valence-electron chi connectivity index (χ2n) is 6.52. The van der Waals surface area contributed by atoms with Crippen molar-refractivity contribution in [1.29, 1.82) is 0 Å². The summed E-state index contributed by atoms with van der Waals surface area (Å²) >= 11 is 0. The van der Waals surface area contributed by atoms with E-state index in [1.54, 1.807) is 19.1 Å². The lowest BCUT2D eigenvalue weighted by atomic mass is 10.1. The first-order chi connectivity index (χ1) is 12.1. The first-order valence-electron chi connectivity index (χ1n) is 9.66. The highest BCUT2D eigenvalue weighted by molar-refractivity contribution is 5.94. The Labute approximate surface area is 151 Å². The van der Waals surface area contributed by atoms with E-state index in [9.17, 15) is 9.59 Å².